The predicted molar refractivity (Wildman–Crippen MR) is 69.4 cm³/mol. The second-order valence-corrected chi connectivity index (χ2v) is 4.99. The fourth-order valence-corrected chi connectivity index (χ4v) is 1.98. The zero-order valence-corrected chi connectivity index (χ0v) is 11.0. The molecule has 1 fully saturated rings. The molecule has 0 bridgehead atoms. The first kappa shape index (κ1) is 12.6. The van der Waals surface area contributed by atoms with E-state index in [1.165, 1.54) is 18.9 Å². The van der Waals surface area contributed by atoms with Gasteiger partial charge in [0.2, 0.25) is 5.89 Å². The summed E-state index contributed by atoms with van der Waals surface area (Å²) in [5.74, 6) is 0.138. The Morgan fingerprint density at radius 3 is 3.00 bits per heavy atom. The summed E-state index contributed by atoms with van der Waals surface area (Å²) in [7, 11) is 0. The third kappa shape index (κ3) is 2.93. The van der Waals surface area contributed by atoms with Gasteiger partial charge >= 0.3 is 0 Å². The SMILES string of the molecule is Fc1c(Cl)cccc1-c1nnc(CCNC2CC2)o1. The molecule has 0 unspecified atom stereocenters. The minimum absolute atomic E-state index is 0.0488. The lowest BCUT2D eigenvalue weighted by atomic mass is 10.2. The summed E-state index contributed by atoms with van der Waals surface area (Å²) in [4.78, 5) is 0. The topological polar surface area (TPSA) is 51.0 Å². The van der Waals surface area contributed by atoms with Crippen LogP contribution in [0.1, 0.15) is 18.7 Å². The zero-order valence-electron chi connectivity index (χ0n) is 10.2. The Morgan fingerprint density at radius 2 is 2.21 bits per heavy atom. The van der Waals surface area contributed by atoms with Crippen LogP contribution in [0.15, 0.2) is 22.6 Å². The second kappa shape index (κ2) is 5.27. The summed E-state index contributed by atoms with van der Waals surface area (Å²) in [5.41, 5.74) is 0.237. The minimum Gasteiger partial charge on any atom is -0.421 e. The molecule has 3 rings (SSSR count). The molecule has 4 nitrogen and oxygen atoms in total. The van der Waals surface area contributed by atoms with Crippen molar-refractivity contribution in [1.29, 1.82) is 0 Å². The van der Waals surface area contributed by atoms with E-state index >= 15 is 0 Å². The van der Waals surface area contributed by atoms with Gasteiger partial charge in [-0.25, -0.2) is 4.39 Å². The molecule has 0 saturated heterocycles. The van der Waals surface area contributed by atoms with Gasteiger partial charge in [0.25, 0.3) is 5.89 Å². The van der Waals surface area contributed by atoms with Crippen molar-refractivity contribution < 1.29 is 8.81 Å². The smallest absolute Gasteiger partial charge is 0.250 e. The highest BCUT2D eigenvalue weighted by Gasteiger charge is 2.20. The lowest BCUT2D eigenvalue weighted by molar-refractivity contribution is 0.490. The Kier molecular flexibility index (Phi) is 3.48. The highest BCUT2D eigenvalue weighted by molar-refractivity contribution is 6.31. The summed E-state index contributed by atoms with van der Waals surface area (Å²) >= 11 is 5.72. The molecular weight excluding hydrogens is 269 g/mol. The molecule has 1 aliphatic rings. The fraction of sp³-hybridized carbons (Fsp3) is 0.385. The maximum Gasteiger partial charge on any atom is 0.250 e. The van der Waals surface area contributed by atoms with Crippen LogP contribution in [0.4, 0.5) is 4.39 Å². The minimum atomic E-state index is -0.532. The van der Waals surface area contributed by atoms with E-state index in [4.69, 9.17) is 16.0 Å². The van der Waals surface area contributed by atoms with Gasteiger partial charge in [-0.3, -0.25) is 0 Å². The lowest BCUT2D eigenvalue weighted by Crippen LogP contribution is -2.19. The highest BCUT2D eigenvalue weighted by Crippen LogP contribution is 2.26. The Labute approximate surface area is 115 Å². The summed E-state index contributed by atoms with van der Waals surface area (Å²) in [5, 5.41) is 11.2. The van der Waals surface area contributed by atoms with Gasteiger partial charge in [-0.1, -0.05) is 17.7 Å². The molecule has 1 aliphatic carbocycles. The van der Waals surface area contributed by atoms with Crippen LogP contribution in [0.25, 0.3) is 11.5 Å². The van der Waals surface area contributed by atoms with E-state index in [1.807, 2.05) is 0 Å². The number of nitrogens with zero attached hydrogens (tertiary/aromatic N) is 2. The Morgan fingerprint density at radius 1 is 1.37 bits per heavy atom. The standard InChI is InChI=1S/C13H13ClFN3O/c14-10-3-1-2-9(12(10)15)13-18-17-11(19-13)6-7-16-8-4-5-8/h1-3,8,16H,4-7H2. The molecule has 0 atom stereocenters. The first-order valence-corrected chi connectivity index (χ1v) is 6.62. The molecule has 1 N–H and O–H groups in total. The molecule has 1 aromatic carbocycles. The van der Waals surface area contributed by atoms with E-state index in [0.717, 1.165) is 6.54 Å². The van der Waals surface area contributed by atoms with E-state index in [1.54, 1.807) is 12.1 Å². The molecule has 2 aromatic rings. The van der Waals surface area contributed by atoms with E-state index < -0.39 is 5.82 Å². The summed E-state index contributed by atoms with van der Waals surface area (Å²) in [6.07, 6.45) is 3.12. The van der Waals surface area contributed by atoms with Crippen LogP contribution in [0.5, 0.6) is 0 Å². The third-order valence-electron chi connectivity index (χ3n) is 3.00. The van der Waals surface area contributed by atoms with Crippen molar-refractivity contribution in [2.24, 2.45) is 0 Å². The average molecular weight is 282 g/mol. The average Bonchev–Trinajstić information content (AvgIpc) is 3.10. The van der Waals surface area contributed by atoms with Gasteiger partial charge in [0, 0.05) is 19.0 Å². The van der Waals surface area contributed by atoms with Crippen molar-refractivity contribution in [1.82, 2.24) is 15.5 Å². The fourth-order valence-electron chi connectivity index (χ4n) is 1.80. The first-order valence-electron chi connectivity index (χ1n) is 6.24. The van der Waals surface area contributed by atoms with Gasteiger partial charge < -0.3 is 9.73 Å². The molecule has 0 aliphatic heterocycles. The molecule has 0 spiro atoms. The van der Waals surface area contributed by atoms with E-state index in [0.29, 0.717) is 18.4 Å². The van der Waals surface area contributed by atoms with Crippen molar-refractivity contribution in [3.05, 3.63) is 34.9 Å². The molecule has 19 heavy (non-hydrogen) atoms. The number of hydrogen-bond donors (Lipinski definition) is 1. The predicted octanol–water partition coefficient (Wildman–Crippen LogP) is 2.82. The Balaban J connectivity index is 1.70. The van der Waals surface area contributed by atoms with Crippen LogP contribution in [0.3, 0.4) is 0 Å². The maximum atomic E-state index is 13.8. The largest absolute Gasteiger partial charge is 0.421 e. The molecule has 0 amide bonds. The number of nitrogens with one attached hydrogen (secondary N) is 1. The Bertz CT molecular complexity index is 583. The van der Waals surface area contributed by atoms with Crippen molar-refractivity contribution in [2.75, 3.05) is 6.54 Å². The van der Waals surface area contributed by atoms with Crippen molar-refractivity contribution >= 4 is 11.6 Å². The Hall–Kier alpha value is -1.46. The molecule has 1 heterocycles. The maximum absolute atomic E-state index is 13.8. The van der Waals surface area contributed by atoms with Gasteiger partial charge in [0.1, 0.15) is 0 Å². The summed E-state index contributed by atoms with van der Waals surface area (Å²) < 4.78 is 19.2. The van der Waals surface area contributed by atoms with E-state index in [2.05, 4.69) is 15.5 Å². The third-order valence-corrected chi connectivity index (χ3v) is 3.29. The van der Waals surface area contributed by atoms with Crippen molar-refractivity contribution in [3.8, 4) is 11.5 Å². The lowest BCUT2D eigenvalue weighted by Gasteiger charge is -1.99. The monoisotopic (exact) mass is 281 g/mol. The van der Waals surface area contributed by atoms with Crippen LogP contribution in [0.2, 0.25) is 5.02 Å². The second-order valence-electron chi connectivity index (χ2n) is 4.58. The van der Waals surface area contributed by atoms with Gasteiger partial charge in [-0.05, 0) is 25.0 Å². The summed E-state index contributed by atoms with van der Waals surface area (Å²) in [6, 6.07) is 5.35. The van der Waals surface area contributed by atoms with Gasteiger partial charge in [0.05, 0.1) is 10.6 Å². The molecule has 1 saturated carbocycles. The molecular formula is C13H13ClFN3O. The van der Waals surface area contributed by atoms with E-state index in [-0.39, 0.29) is 16.5 Å². The zero-order chi connectivity index (χ0) is 13.2. The van der Waals surface area contributed by atoms with Crippen molar-refractivity contribution in [3.63, 3.8) is 0 Å². The first-order chi connectivity index (χ1) is 9.24. The number of halogens is 2. The van der Waals surface area contributed by atoms with E-state index in [9.17, 15) is 4.39 Å². The quantitative estimate of drug-likeness (QED) is 0.916. The van der Waals surface area contributed by atoms with Crippen LogP contribution in [-0.2, 0) is 6.42 Å². The normalized spacial score (nSPS) is 14.8. The van der Waals surface area contributed by atoms with Gasteiger partial charge in [-0.15, -0.1) is 10.2 Å². The van der Waals surface area contributed by atoms with Crippen LogP contribution in [0, 0.1) is 5.82 Å². The van der Waals surface area contributed by atoms with Crippen LogP contribution < -0.4 is 5.32 Å². The molecule has 100 valence electrons. The number of benzene rings is 1. The van der Waals surface area contributed by atoms with Gasteiger partial charge in [0.15, 0.2) is 5.82 Å². The van der Waals surface area contributed by atoms with Crippen LogP contribution in [-0.4, -0.2) is 22.8 Å². The molecule has 1 aromatic heterocycles. The van der Waals surface area contributed by atoms with Crippen LogP contribution >= 0.6 is 11.6 Å². The highest BCUT2D eigenvalue weighted by atomic mass is 35.5. The number of hydrogen-bond acceptors (Lipinski definition) is 4. The molecule has 0 radical (unpaired) electrons. The molecule has 6 heteroatoms. The summed E-state index contributed by atoms with van der Waals surface area (Å²) in [6.45, 7) is 0.796. The van der Waals surface area contributed by atoms with Gasteiger partial charge in [-0.2, -0.15) is 0 Å². The van der Waals surface area contributed by atoms with Crippen molar-refractivity contribution in [2.45, 2.75) is 25.3 Å². The number of rotatable bonds is 5. The number of aromatic nitrogens is 2.